The van der Waals surface area contributed by atoms with Crippen molar-refractivity contribution in [1.29, 1.82) is 0 Å². The van der Waals surface area contributed by atoms with Crippen molar-refractivity contribution in [3.05, 3.63) is 60.8 Å². The first-order valence-electron chi connectivity index (χ1n) is 33.8. The number of esters is 3. The molecule has 1 unspecified atom stereocenters. The largest absolute Gasteiger partial charge is 0.462 e. The van der Waals surface area contributed by atoms with Crippen LogP contribution in [0.1, 0.15) is 355 Å². The molecule has 0 amide bonds. The van der Waals surface area contributed by atoms with Gasteiger partial charge in [0.25, 0.3) is 0 Å². The van der Waals surface area contributed by atoms with Crippen molar-refractivity contribution in [3.8, 4) is 0 Å². The van der Waals surface area contributed by atoms with E-state index in [2.05, 4.69) is 81.5 Å². The molecule has 0 bridgehead atoms. The Kier molecular flexibility index (Phi) is 63.2. The number of carbonyl (C=O) groups is 3. The average molecular weight is 1080 g/mol. The van der Waals surface area contributed by atoms with E-state index in [1.807, 2.05) is 0 Å². The number of carbonyl (C=O) groups excluding carboxylic acids is 3. The van der Waals surface area contributed by atoms with Gasteiger partial charge in [-0.15, -0.1) is 0 Å². The van der Waals surface area contributed by atoms with Crippen LogP contribution in [0.2, 0.25) is 0 Å². The Bertz CT molecular complexity index is 1380. The molecular formula is C71H128O6. The van der Waals surface area contributed by atoms with Crippen molar-refractivity contribution in [1.82, 2.24) is 0 Å². The molecule has 1 atom stereocenters. The van der Waals surface area contributed by atoms with Gasteiger partial charge in [0, 0.05) is 19.3 Å². The lowest BCUT2D eigenvalue weighted by atomic mass is 10.0. The number of hydrogen-bond donors (Lipinski definition) is 0. The van der Waals surface area contributed by atoms with Gasteiger partial charge in [0.15, 0.2) is 6.10 Å². The Balaban J connectivity index is 4.10. The molecule has 0 N–H and O–H groups in total. The van der Waals surface area contributed by atoms with Gasteiger partial charge in [-0.1, -0.05) is 332 Å². The third-order valence-electron chi connectivity index (χ3n) is 15.0. The molecule has 0 aliphatic heterocycles. The summed E-state index contributed by atoms with van der Waals surface area (Å²) in [6.07, 6.45) is 84.2. The molecule has 0 fully saturated rings. The third kappa shape index (κ3) is 63.8. The molecule has 0 aromatic carbocycles. The molecule has 0 aromatic rings. The zero-order chi connectivity index (χ0) is 55.7. The SMILES string of the molecule is CC/C=C\C/C=C\C/C=C\C/C=C\C/C=C\CCCCCC(=O)OC(COC(=O)CCCCCCCCCCC)COC(=O)CCCCCCCCCCCCCCCCCCCCCCCCCCCCCCCCC. The molecule has 0 saturated heterocycles. The second kappa shape index (κ2) is 65.6. The van der Waals surface area contributed by atoms with Crippen LogP contribution in [0.25, 0.3) is 0 Å². The van der Waals surface area contributed by atoms with Crippen LogP contribution in [0.5, 0.6) is 0 Å². The quantitative estimate of drug-likeness (QED) is 0.0261. The lowest BCUT2D eigenvalue weighted by Gasteiger charge is -2.18. The minimum absolute atomic E-state index is 0.0838. The molecule has 0 spiro atoms. The van der Waals surface area contributed by atoms with Gasteiger partial charge in [-0.3, -0.25) is 14.4 Å². The first-order valence-corrected chi connectivity index (χ1v) is 33.8. The number of hydrogen-bond acceptors (Lipinski definition) is 6. The molecule has 0 radical (unpaired) electrons. The van der Waals surface area contributed by atoms with Gasteiger partial charge in [0.05, 0.1) is 0 Å². The van der Waals surface area contributed by atoms with Crippen LogP contribution in [0.3, 0.4) is 0 Å². The van der Waals surface area contributed by atoms with Gasteiger partial charge in [-0.2, -0.15) is 0 Å². The molecule has 6 nitrogen and oxygen atoms in total. The van der Waals surface area contributed by atoms with Crippen molar-refractivity contribution < 1.29 is 28.6 Å². The van der Waals surface area contributed by atoms with Gasteiger partial charge >= 0.3 is 17.9 Å². The van der Waals surface area contributed by atoms with Crippen molar-refractivity contribution >= 4 is 17.9 Å². The highest BCUT2D eigenvalue weighted by Crippen LogP contribution is 2.18. The van der Waals surface area contributed by atoms with Crippen LogP contribution in [0, 0.1) is 0 Å². The normalized spacial score (nSPS) is 12.4. The molecule has 0 saturated carbocycles. The molecule has 0 aromatic heterocycles. The van der Waals surface area contributed by atoms with E-state index >= 15 is 0 Å². The maximum Gasteiger partial charge on any atom is 0.306 e. The Morgan fingerprint density at radius 3 is 0.792 bits per heavy atom. The summed E-state index contributed by atoms with van der Waals surface area (Å²) in [6, 6.07) is 0. The predicted molar refractivity (Wildman–Crippen MR) is 335 cm³/mol. The van der Waals surface area contributed by atoms with Crippen LogP contribution in [-0.2, 0) is 28.6 Å². The fourth-order valence-corrected chi connectivity index (χ4v) is 10.0. The predicted octanol–water partition coefficient (Wildman–Crippen LogP) is 23.1. The Labute approximate surface area is 479 Å². The van der Waals surface area contributed by atoms with Crippen LogP contribution < -0.4 is 0 Å². The summed E-state index contributed by atoms with van der Waals surface area (Å²) in [5.74, 6) is -0.902. The maximum atomic E-state index is 12.9. The summed E-state index contributed by atoms with van der Waals surface area (Å²) in [5, 5.41) is 0. The molecule has 0 aliphatic carbocycles. The van der Waals surface area contributed by atoms with E-state index < -0.39 is 6.10 Å². The molecule has 6 heteroatoms. The summed E-state index contributed by atoms with van der Waals surface area (Å²) in [6.45, 7) is 6.53. The zero-order valence-electron chi connectivity index (χ0n) is 51.5. The number of rotatable bonds is 62. The standard InChI is InChI=1S/C71H128O6/c1-4-7-10-13-16-19-21-23-25-27-29-30-31-32-33-34-35-36-37-38-39-40-42-43-45-47-49-52-55-58-61-64-70(73)76-67-68(66-75-69(72)63-60-57-54-51-18-15-12-9-6-3)77-71(74)65-62-59-56-53-50-48-46-44-41-28-26-24-22-20-17-14-11-8-5-2/h8,11,17,20,24,26,41,44,48,50,68H,4-7,9-10,12-16,18-19,21-23,25,27-40,42-43,45-47,49,51-67H2,1-3H3/b11-8-,20-17-,26-24-,44-41-,50-48-. The number of allylic oxidation sites excluding steroid dienone is 10. The molecule has 0 aliphatic rings. The lowest BCUT2D eigenvalue weighted by Crippen LogP contribution is -2.30. The van der Waals surface area contributed by atoms with E-state index in [1.165, 1.54) is 218 Å². The smallest absolute Gasteiger partial charge is 0.306 e. The van der Waals surface area contributed by atoms with Gasteiger partial charge in [0.1, 0.15) is 13.2 Å². The van der Waals surface area contributed by atoms with Crippen LogP contribution in [0.15, 0.2) is 60.8 Å². The first-order chi connectivity index (χ1) is 38.0. The summed E-state index contributed by atoms with van der Waals surface area (Å²) < 4.78 is 16.9. The van der Waals surface area contributed by atoms with Crippen molar-refractivity contribution in [3.63, 3.8) is 0 Å². The molecule has 448 valence electrons. The Morgan fingerprint density at radius 2 is 0.506 bits per heavy atom. The van der Waals surface area contributed by atoms with Gasteiger partial charge in [-0.05, 0) is 64.2 Å². The van der Waals surface area contributed by atoms with E-state index in [4.69, 9.17) is 14.2 Å². The van der Waals surface area contributed by atoms with Crippen LogP contribution in [-0.4, -0.2) is 37.2 Å². The fraction of sp³-hybridized carbons (Fsp3) is 0.817. The minimum Gasteiger partial charge on any atom is -0.462 e. The summed E-state index contributed by atoms with van der Waals surface area (Å²) in [5.41, 5.74) is 0. The second-order valence-corrected chi connectivity index (χ2v) is 22.7. The van der Waals surface area contributed by atoms with E-state index in [1.54, 1.807) is 0 Å². The van der Waals surface area contributed by atoms with E-state index in [0.717, 1.165) is 96.3 Å². The van der Waals surface area contributed by atoms with E-state index in [0.29, 0.717) is 19.3 Å². The summed E-state index contributed by atoms with van der Waals surface area (Å²) in [7, 11) is 0. The molecule has 0 rings (SSSR count). The highest BCUT2D eigenvalue weighted by atomic mass is 16.6. The second-order valence-electron chi connectivity index (χ2n) is 22.7. The van der Waals surface area contributed by atoms with Crippen LogP contribution >= 0.6 is 0 Å². The van der Waals surface area contributed by atoms with Crippen molar-refractivity contribution in [2.75, 3.05) is 13.2 Å². The van der Waals surface area contributed by atoms with Crippen LogP contribution in [0.4, 0.5) is 0 Å². The topological polar surface area (TPSA) is 78.9 Å². The molecular weight excluding hydrogens is 949 g/mol. The minimum atomic E-state index is -0.789. The van der Waals surface area contributed by atoms with Gasteiger partial charge < -0.3 is 14.2 Å². The third-order valence-corrected chi connectivity index (χ3v) is 15.0. The lowest BCUT2D eigenvalue weighted by molar-refractivity contribution is -0.167. The van der Waals surface area contributed by atoms with E-state index in [-0.39, 0.29) is 31.1 Å². The van der Waals surface area contributed by atoms with Crippen molar-refractivity contribution in [2.45, 2.75) is 361 Å². The molecule has 0 heterocycles. The summed E-state index contributed by atoms with van der Waals surface area (Å²) in [4.78, 5) is 38.2. The number of ether oxygens (including phenoxy) is 3. The fourth-order valence-electron chi connectivity index (χ4n) is 10.0. The Hall–Kier alpha value is -2.89. The average Bonchev–Trinajstić information content (AvgIpc) is 3.43. The highest BCUT2D eigenvalue weighted by Gasteiger charge is 2.19. The highest BCUT2D eigenvalue weighted by molar-refractivity contribution is 5.71. The number of unbranched alkanes of at least 4 members (excludes halogenated alkanes) is 41. The van der Waals surface area contributed by atoms with Gasteiger partial charge in [0.2, 0.25) is 0 Å². The first kappa shape index (κ1) is 74.1. The summed E-state index contributed by atoms with van der Waals surface area (Å²) >= 11 is 0. The monoisotopic (exact) mass is 1080 g/mol. The zero-order valence-corrected chi connectivity index (χ0v) is 51.5. The maximum absolute atomic E-state index is 12.9. The van der Waals surface area contributed by atoms with Crippen molar-refractivity contribution in [2.24, 2.45) is 0 Å². The van der Waals surface area contributed by atoms with Gasteiger partial charge in [-0.25, -0.2) is 0 Å². The van der Waals surface area contributed by atoms with E-state index in [9.17, 15) is 14.4 Å². The Morgan fingerprint density at radius 1 is 0.273 bits per heavy atom. The molecule has 77 heavy (non-hydrogen) atoms.